The van der Waals surface area contributed by atoms with Gasteiger partial charge < -0.3 is 15.0 Å². The summed E-state index contributed by atoms with van der Waals surface area (Å²) in [5.41, 5.74) is 1.63. The lowest BCUT2D eigenvalue weighted by Crippen LogP contribution is -2.29. The van der Waals surface area contributed by atoms with E-state index in [0.29, 0.717) is 15.6 Å². The summed E-state index contributed by atoms with van der Waals surface area (Å²) < 4.78 is 5.41. The van der Waals surface area contributed by atoms with Crippen molar-refractivity contribution in [2.24, 2.45) is 0 Å². The third-order valence-corrected chi connectivity index (χ3v) is 5.56. The molecular weight excluding hydrogens is 386 g/mol. The Morgan fingerprint density at radius 2 is 1.66 bits per heavy atom. The van der Waals surface area contributed by atoms with Gasteiger partial charge in [-0.3, -0.25) is 10.1 Å². The van der Waals surface area contributed by atoms with Gasteiger partial charge in [0.25, 0.3) is 5.91 Å². The van der Waals surface area contributed by atoms with Crippen LogP contribution in [0.1, 0.15) is 28.2 Å². The fraction of sp³-hybridized carbons (Fsp3) is 0.182. The van der Waals surface area contributed by atoms with Gasteiger partial charge in [-0.05, 0) is 37.3 Å². The zero-order chi connectivity index (χ0) is 20.8. The minimum Gasteiger partial charge on any atom is -0.496 e. The van der Waals surface area contributed by atoms with Crippen molar-refractivity contribution in [2.75, 3.05) is 24.8 Å². The van der Waals surface area contributed by atoms with Crippen LogP contribution >= 0.6 is 11.3 Å². The number of anilines is 2. The van der Waals surface area contributed by atoms with Gasteiger partial charge in [-0.1, -0.05) is 36.4 Å². The summed E-state index contributed by atoms with van der Waals surface area (Å²) in [5.74, 6) is 0.621. The zero-order valence-electron chi connectivity index (χ0n) is 16.5. The van der Waals surface area contributed by atoms with Gasteiger partial charge in [0.15, 0.2) is 0 Å². The van der Waals surface area contributed by atoms with Crippen LogP contribution in [0.4, 0.5) is 15.5 Å². The minimum absolute atomic E-state index is 0.120. The Kier molecular flexibility index (Phi) is 6.51. The number of hydrogen-bond donors (Lipinski definition) is 2. The molecule has 7 heteroatoms. The number of nitrogens with zero attached hydrogens (tertiary/aromatic N) is 1. The first-order valence-corrected chi connectivity index (χ1v) is 9.94. The van der Waals surface area contributed by atoms with E-state index in [1.807, 2.05) is 49.4 Å². The standard InChI is InChI=1S/C22H23N3O3S/c1-15(17-11-7-8-12-18(17)28-3)25(2)21(26)19-13-14-20(29-19)24-22(27)23-16-9-5-4-6-10-16/h4-15H,1-3H3,(H2,23,24,27). The highest BCUT2D eigenvalue weighted by molar-refractivity contribution is 7.18. The Balaban J connectivity index is 1.66. The first-order chi connectivity index (χ1) is 14.0. The van der Waals surface area contributed by atoms with Crippen molar-refractivity contribution in [2.45, 2.75) is 13.0 Å². The van der Waals surface area contributed by atoms with Crippen molar-refractivity contribution < 1.29 is 14.3 Å². The molecule has 29 heavy (non-hydrogen) atoms. The normalized spacial score (nSPS) is 11.4. The first-order valence-electron chi connectivity index (χ1n) is 9.12. The third-order valence-electron chi connectivity index (χ3n) is 4.58. The summed E-state index contributed by atoms with van der Waals surface area (Å²) in [6.07, 6.45) is 0. The van der Waals surface area contributed by atoms with Crippen LogP contribution in [0.5, 0.6) is 5.75 Å². The molecule has 1 aromatic heterocycles. The van der Waals surface area contributed by atoms with Gasteiger partial charge in [-0.25, -0.2) is 4.79 Å². The minimum atomic E-state index is -0.354. The lowest BCUT2D eigenvalue weighted by Gasteiger charge is -2.26. The van der Waals surface area contributed by atoms with Gasteiger partial charge in [-0.2, -0.15) is 0 Å². The molecule has 150 valence electrons. The van der Waals surface area contributed by atoms with Gasteiger partial charge in [0, 0.05) is 18.3 Å². The number of thiophene rings is 1. The van der Waals surface area contributed by atoms with Crippen molar-refractivity contribution in [3.63, 3.8) is 0 Å². The predicted octanol–water partition coefficient (Wildman–Crippen LogP) is 5.23. The van der Waals surface area contributed by atoms with Gasteiger partial charge >= 0.3 is 6.03 Å². The lowest BCUT2D eigenvalue weighted by atomic mass is 10.1. The Morgan fingerprint density at radius 1 is 0.966 bits per heavy atom. The Morgan fingerprint density at radius 3 is 2.38 bits per heavy atom. The number of methoxy groups -OCH3 is 1. The molecule has 2 aromatic carbocycles. The van der Waals surface area contributed by atoms with Crippen molar-refractivity contribution in [3.05, 3.63) is 77.2 Å². The van der Waals surface area contributed by atoms with Gasteiger partial charge in [0.05, 0.1) is 23.0 Å². The molecule has 3 rings (SSSR count). The van der Waals surface area contributed by atoms with Crippen molar-refractivity contribution >= 4 is 34.0 Å². The molecule has 0 fully saturated rings. The van der Waals surface area contributed by atoms with Crippen molar-refractivity contribution in [1.29, 1.82) is 0 Å². The fourth-order valence-electron chi connectivity index (χ4n) is 2.89. The van der Waals surface area contributed by atoms with E-state index in [1.165, 1.54) is 11.3 Å². The molecule has 2 N–H and O–H groups in total. The van der Waals surface area contributed by atoms with Crippen molar-refractivity contribution in [1.82, 2.24) is 4.90 Å². The summed E-state index contributed by atoms with van der Waals surface area (Å²) >= 11 is 1.24. The van der Waals surface area contributed by atoms with E-state index in [-0.39, 0.29) is 18.0 Å². The molecule has 0 aliphatic rings. The van der Waals surface area contributed by atoms with E-state index in [9.17, 15) is 9.59 Å². The number of amides is 3. The fourth-order valence-corrected chi connectivity index (χ4v) is 3.77. The number of ether oxygens (including phenoxy) is 1. The summed E-state index contributed by atoms with van der Waals surface area (Å²) in [7, 11) is 3.37. The number of benzene rings is 2. The largest absolute Gasteiger partial charge is 0.496 e. The van der Waals surface area contributed by atoms with E-state index < -0.39 is 0 Å². The number of hydrogen-bond acceptors (Lipinski definition) is 4. The van der Waals surface area contributed by atoms with Crippen LogP contribution in [0.2, 0.25) is 0 Å². The van der Waals surface area contributed by atoms with E-state index in [4.69, 9.17) is 4.74 Å². The molecule has 6 nitrogen and oxygen atoms in total. The van der Waals surface area contributed by atoms with Crippen LogP contribution < -0.4 is 15.4 Å². The zero-order valence-corrected chi connectivity index (χ0v) is 17.3. The molecule has 1 atom stereocenters. The second kappa shape index (κ2) is 9.25. The number of urea groups is 1. The molecule has 0 radical (unpaired) electrons. The monoisotopic (exact) mass is 409 g/mol. The molecule has 0 saturated heterocycles. The Hall–Kier alpha value is -3.32. The number of rotatable bonds is 6. The van der Waals surface area contributed by atoms with Crippen LogP contribution in [0, 0.1) is 0 Å². The van der Waals surface area contributed by atoms with Crippen LogP contribution in [-0.4, -0.2) is 31.0 Å². The number of carbonyl (C=O) groups is 2. The molecular formula is C22H23N3O3S. The molecule has 0 saturated carbocycles. The molecule has 0 spiro atoms. The van der Waals surface area contributed by atoms with E-state index in [2.05, 4.69) is 10.6 Å². The van der Waals surface area contributed by atoms with E-state index in [1.54, 1.807) is 43.3 Å². The lowest BCUT2D eigenvalue weighted by molar-refractivity contribution is 0.0746. The highest BCUT2D eigenvalue weighted by atomic mass is 32.1. The smallest absolute Gasteiger partial charge is 0.324 e. The van der Waals surface area contributed by atoms with Gasteiger partial charge in [-0.15, -0.1) is 11.3 Å². The number of para-hydroxylation sites is 2. The SMILES string of the molecule is COc1ccccc1C(C)N(C)C(=O)c1ccc(NC(=O)Nc2ccccc2)s1. The molecule has 1 unspecified atom stereocenters. The van der Waals surface area contributed by atoms with Crippen LogP contribution in [0.15, 0.2) is 66.7 Å². The van der Waals surface area contributed by atoms with Crippen LogP contribution in [0.3, 0.4) is 0 Å². The van der Waals surface area contributed by atoms with Crippen LogP contribution in [-0.2, 0) is 0 Å². The first kappa shape index (κ1) is 20.4. The van der Waals surface area contributed by atoms with Crippen LogP contribution in [0.25, 0.3) is 0 Å². The van der Waals surface area contributed by atoms with Gasteiger partial charge in [0.1, 0.15) is 5.75 Å². The number of carbonyl (C=O) groups excluding carboxylic acids is 2. The second-order valence-corrected chi connectivity index (χ2v) is 7.53. The summed E-state index contributed by atoms with van der Waals surface area (Å²) in [6.45, 7) is 1.95. The Labute approximate surface area is 174 Å². The Bertz CT molecular complexity index is 988. The molecule has 0 aliphatic carbocycles. The molecule has 0 aliphatic heterocycles. The predicted molar refractivity (Wildman–Crippen MR) is 117 cm³/mol. The van der Waals surface area contributed by atoms with Gasteiger partial charge in [0.2, 0.25) is 0 Å². The average Bonchev–Trinajstić information content (AvgIpc) is 3.21. The maximum absolute atomic E-state index is 12.9. The maximum atomic E-state index is 12.9. The highest BCUT2D eigenvalue weighted by Gasteiger charge is 2.22. The highest BCUT2D eigenvalue weighted by Crippen LogP contribution is 2.31. The van der Waals surface area contributed by atoms with Crippen molar-refractivity contribution in [3.8, 4) is 5.75 Å². The molecule has 0 bridgehead atoms. The summed E-state index contributed by atoms with van der Waals surface area (Å²) in [6, 6.07) is 19.7. The quantitative estimate of drug-likeness (QED) is 0.585. The summed E-state index contributed by atoms with van der Waals surface area (Å²) in [5, 5.41) is 6.11. The third kappa shape index (κ3) is 4.94. The van der Waals surface area contributed by atoms with E-state index >= 15 is 0 Å². The average molecular weight is 410 g/mol. The maximum Gasteiger partial charge on any atom is 0.324 e. The van der Waals surface area contributed by atoms with E-state index in [0.717, 1.165) is 11.3 Å². The second-order valence-electron chi connectivity index (χ2n) is 6.44. The number of nitrogens with one attached hydrogen (secondary N) is 2. The molecule has 3 aromatic rings. The molecule has 1 heterocycles. The molecule has 3 amide bonds. The summed E-state index contributed by atoms with van der Waals surface area (Å²) in [4.78, 5) is 27.3. The topological polar surface area (TPSA) is 70.7 Å².